The average Bonchev–Trinajstić information content (AvgIpc) is 2.40. The van der Waals surface area contributed by atoms with Crippen molar-refractivity contribution in [3.63, 3.8) is 0 Å². The van der Waals surface area contributed by atoms with Crippen LogP contribution in [-0.2, 0) is 11.3 Å². The summed E-state index contributed by atoms with van der Waals surface area (Å²) in [5, 5.41) is 3.37. The van der Waals surface area contributed by atoms with Crippen LogP contribution >= 0.6 is 15.9 Å². The van der Waals surface area contributed by atoms with Gasteiger partial charge in [-0.25, -0.2) is 0 Å². The third kappa shape index (κ3) is 3.97. The highest BCUT2D eigenvalue weighted by molar-refractivity contribution is 9.10. The van der Waals surface area contributed by atoms with Crippen LogP contribution in [0.3, 0.4) is 0 Å². The molecular weight excluding hydrogens is 294 g/mol. The summed E-state index contributed by atoms with van der Waals surface area (Å²) in [5.41, 5.74) is 1.18. The minimum absolute atomic E-state index is 0.673. The van der Waals surface area contributed by atoms with Gasteiger partial charge in [0.2, 0.25) is 0 Å². The van der Waals surface area contributed by atoms with Gasteiger partial charge in [0.1, 0.15) is 5.75 Å². The summed E-state index contributed by atoms with van der Waals surface area (Å²) < 4.78 is 12.0. The predicted octanol–water partition coefficient (Wildman–Crippen LogP) is 2.97. The van der Waals surface area contributed by atoms with Crippen molar-refractivity contribution in [1.29, 1.82) is 0 Å². The lowest BCUT2D eigenvalue weighted by Gasteiger charge is -2.22. The molecule has 0 amide bonds. The van der Waals surface area contributed by atoms with E-state index < -0.39 is 0 Å². The van der Waals surface area contributed by atoms with Gasteiger partial charge in [-0.2, -0.15) is 0 Å². The molecule has 1 heterocycles. The van der Waals surface area contributed by atoms with Crippen LogP contribution in [0, 0.1) is 5.92 Å². The highest BCUT2D eigenvalue weighted by Crippen LogP contribution is 2.25. The molecule has 2 rings (SSSR count). The third-order valence-electron chi connectivity index (χ3n) is 3.30. The van der Waals surface area contributed by atoms with Gasteiger partial charge in [-0.15, -0.1) is 0 Å². The Bertz CT molecular complexity index is 378. The first-order valence-electron chi connectivity index (χ1n) is 6.40. The van der Waals surface area contributed by atoms with Crippen LogP contribution in [-0.4, -0.2) is 26.8 Å². The van der Waals surface area contributed by atoms with Crippen molar-refractivity contribution in [3.8, 4) is 5.75 Å². The lowest BCUT2D eigenvalue weighted by atomic mass is 9.99. The Morgan fingerprint density at radius 2 is 2.11 bits per heavy atom. The first-order chi connectivity index (χ1) is 8.79. The molecule has 18 heavy (non-hydrogen) atoms. The van der Waals surface area contributed by atoms with Gasteiger partial charge in [0, 0.05) is 6.61 Å². The zero-order valence-electron chi connectivity index (χ0n) is 10.7. The Labute approximate surface area is 117 Å². The van der Waals surface area contributed by atoms with Crippen molar-refractivity contribution in [2.45, 2.75) is 19.4 Å². The van der Waals surface area contributed by atoms with Crippen LogP contribution in [0.25, 0.3) is 0 Å². The van der Waals surface area contributed by atoms with Crippen molar-refractivity contribution < 1.29 is 9.47 Å². The molecule has 3 nitrogen and oxygen atoms in total. The maximum absolute atomic E-state index is 5.80. The maximum Gasteiger partial charge on any atom is 0.133 e. The standard InChI is InChI=1S/C14H20BrNO2/c1-17-14-3-2-12(8-13(14)15)10-18-9-11-4-6-16-7-5-11/h2-3,8,11,16H,4-7,9-10H2,1H3. The summed E-state index contributed by atoms with van der Waals surface area (Å²) >= 11 is 3.49. The molecule has 0 aliphatic carbocycles. The SMILES string of the molecule is COc1ccc(COCC2CCNCC2)cc1Br. The number of rotatable bonds is 5. The number of benzene rings is 1. The second kappa shape index (κ2) is 7.12. The molecular formula is C14H20BrNO2. The molecule has 0 saturated carbocycles. The summed E-state index contributed by atoms with van der Waals surface area (Å²) in [4.78, 5) is 0. The number of hydrogen-bond donors (Lipinski definition) is 1. The van der Waals surface area contributed by atoms with Crippen LogP contribution in [0.2, 0.25) is 0 Å². The normalized spacial score (nSPS) is 16.8. The van der Waals surface area contributed by atoms with Crippen molar-refractivity contribution in [2.24, 2.45) is 5.92 Å². The smallest absolute Gasteiger partial charge is 0.133 e. The monoisotopic (exact) mass is 313 g/mol. The summed E-state index contributed by atoms with van der Waals surface area (Å²) in [5.74, 6) is 1.57. The van der Waals surface area contributed by atoms with E-state index in [1.54, 1.807) is 7.11 Å². The van der Waals surface area contributed by atoms with Gasteiger partial charge in [-0.05, 0) is 65.5 Å². The largest absolute Gasteiger partial charge is 0.496 e. The number of hydrogen-bond acceptors (Lipinski definition) is 3. The van der Waals surface area contributed by atoms with Gasteiger partial charge in [0.15, 0.2) is 0 Å². The molecule has 0 bridgehead atoms. The Kier molecular flexibility index (Phi) is 5.47. The Morgan fingerprint density at radius 3 is 2.78 bits per heavy atom. The van der Waals surface area contributed by atoms with Crippen LogP contribution in [0.4, 0.5) is 0 Å². The van der Waals surface area contributed by atoms with E-state index in [0.717, 1.165) is 29.9 Å². The lowest BCUT2D eigenvalue weighted by Crippen LogP contribution is -2.29. The van der Waals surface area contributed by atoms with Crippen LogP contribution in [0.1, 0.15) is 18.4 Å². The van der Waals surface area contributed by atoms with E-state index in [0.29, 0.717) is 12.5 Å². The summed E-state index contributed by atoms with van der Waals surface area (Å²) in [6, 6.07) is 6.07. The van der Waals surface area contributed by atoms with E-state index in [1.807, 2.05) is 12.1 Å². The lowest BCUT2D eigenvalue weighted by molar-refractivity contribution is 0.0763. The van der Waals surface area contributed by atoms with Gasteiger partial charge >= 0.3 is 0 Å². The van der Waals surface area contributed by atoms with E-state index in [2.05, 4.69) is 27.3 Å². The van der Waals surface area contributed by atoms with Crippen molar-refractivity contribution in [1.82, 2.24) is 5.32 Å². The molecule has 0 aromatic heterocycles. The van der Waals surface area contributed by atoms with Crippen molar-refractivity contribution in [2.75, 3.05) is 26.8 Å². The van der Waals surface area contributed by atoms with E-state index in [1.165, 1.54) is 18.4 Å². The zero-order valence-corrected chi connectivity index (χ0v) is 12.3. The topological polar surface area (TPSA) is 30.5 Å². The molecule has 100 valence electrons. The molecule has 1 aliphatic heterocycles. The van der Waals surface area contributed by atoms with Crippen LogP contribution < -0.4 is 10.1 Å². The molecule has 0 spiro atoms. The number of halogens is 1. The van der Waals surface area contributed by atoms with E-state index in [9.17, 15) is 0 Å². The molecule has 1 aliphatic rings. The third-order valence-corrected chi connectivity index (χ3v) is 3.92. The Balaban J connectivity index is 1.77. The molecule has 1 fully saturated rings. The molecule has 1 N–H and O–H groups in total. The van der Waals surface area contributed by atoms with Crippen LogP contribution in [0.5, 0.6) is 5.75 Å². The highest BCUT2D eigenvalue weighted by atomic mass is 79.9. The molecule has 4 heteroatoms. The van der Waals surface area contributed by atoms with Gasteiger partial charge in [-0.1, -0.05) is 6.07 Å². The Morgan fingerprint density at radius 1 is 1.33 bits per heavy atom. The summed E-state index contributed by atoms with van der Waals surface area (Å²) in [6.07, 6.45) is 2.46. The predicted molar refractivity (Wildman–Crippen MR) is 75.9 cm³/mol. The number of piperidine rings is 1. The fourth-order valence-corrected chi connectivity index (χ4v) is 2.78. The Hall–Kier alpha value is -0.580. The van der Waals surface area contributed by atoms with Gasteiger partial charge < -0.3 is 14.8 Å². The quantitative estimate of drug-likeness (QED) is 0.906. The molecule has 0 atom stereocenters. The summed E-state index contributed by atoms with van der Waals surface area (Å²) in [6.45, 7) is 3.79. The molecule has 0 radical (unpaired) electrons. The van der Waals surface area contributed by atoms with E-state index in [-0.39, 0.29) is 0 Å². The van der Waals surface area contributed by atoms with Crippen molar-refractivity contribution >= 4 is 15.9 Å². The highest BCUT2D eigenvalue weighted by Gasteiger charge is 2.12. The van der Waals surface area contributed by atoms with Gasteiger partial charge in [0.25, 0.3) is 0 Å². The number of ether oxygens (including phenoxy) is 2. The summed E-state index contributed by atoms with van der Waals surface area (Å²) in [7, 11) is 1.67. The van der Waals surface area contributed by atoms with Crippen molar-refractivity contribution in [3.05, 3.63) is 28.2 Å². The van der Waals surface area contributed by atoms with Gasteiger partial charge in [-0.3, -0.25) is 0 Å². The van der Waals surface area contributed by atoms with Gasteiger partial charge in [0.05, 0.1) is 18.2 Å². The number of nitrogens with one attached hydrogen (secondary N) is 1. The minimum atomic E-state index is 0.673. The zero-order chi connectivity index (χ0) is 12.8. The van der Waals surface area contributed by atoms with Crippen LogP contribution in [0.15, 0.2) is 22.7 Å². The first-order valence-corrected chi connectivity index (χ1v) is 7.20. The fourth-order valence-electron chi connectivity index (χ4n) is 2.19. The number of methoxy groups -OCH3 is 1. The van der Waals surface area contributed by atoms with E-state index in [4.69, 9.17) is 9.47 Å². The second-order valence-electron chi connectivity index (χ2n) is 4.68. The first kappa shape index (κ1) is 13.8. The molecule has 1 aromatic rings. The second-order valence-corrected chi connectivity index (χ2v) is 5.53. The maximum atomic E-state index is 5.80. The van der Waals surface area contributed by atoms with E-state index >= 15 is 0 Å². The average molecular weight is 314 g/mol. The fraction of sp³-hybridized carbons (Fsp3) is 0.571. The molecule has 0 unspecified atom stereocenters. The molecule has 1 saturated heterocycles. The molecule has 1 aromatic carbocycles. The minimum Gasteiger partial charge on any atom is -0.496 e.